The summed E-state index contributed by atoms with van der Waals surface area (Å²) in [6.07, 6.45) is 13.9. The van der Waals surface area contributed by atoms with Crippen molar-refractivity contribution < 1.29 is 44.4 Å². The molecular weight excluding hydrogens is 1280 g/mol. The Morgan fingerprint density at radius 3 is 1.40 bits per heavy atom. The Bertz CT molecular complexity index is 2470. The number of hydrogen-bond acceptors (Lipinski definition) is 6. The molecule has 9 aromatic rings. The topological polar surface area (TPSA) is 66.8 Å². The predicted molar refractivity (Wildman–Crippen MR) is 271 cm³/mol. The summed E-state index contributed by atoms with van der Waals surface area (Å²) in [5, 5.41) is 0. The van der Waals surface area contributed by atoms with E-state index < -0.39 is 0 Å². The fourth-order valence-electron chi connectivity index (χ4n) is 6.37. The SMILES string of the molecule is Br.C.CN1C=CN(Cc2ccccc2)[CH-]1.C[n+]1ccn(Cc2ccccc2)c1.[Cl][Pt+].[Pt+2].[c-]1ccccc1-c1cccc(-c2ccccn2)n1.[c-]1ccccc1-c1cccc(-c2ccccn2)n1. The molecule has 1 aliphatic rings. The zero-order valence-electron chi connectivity index (χ0n) is 36.3. The van der Waals surface area contributed by atoms with Crippen molar-refractivity contribution in [2.24, 2.45) is 7.05 Å². The maximum atomic E-state index is 4.62. The van der Waals surface area contributed by atoms with Crippen LogP contribution in [0.5, 0.6) is 0 Å². The third kappa shape index (κ3) is 18.8. The summed E-state index contributed by atoms with van der Waals surface area (Å²) in [6, 6.07) is 66.5. The van der Waals surface area contributed by atoms with Crippen LogP contribution < -0.4 is 4.57 Å². The summed E-state index contributed by atoms with van der Waals surface area (Å²) in [5.41, 5.74) is 10.0. The average Bonchev–Trinajstić information content (AvgIpc) is 4.00. The molecule has 0 atom stereocenters. The van der Waals surface area contributed by atoms with Gasteiger partial charge >= 0.3 is 49.3 Å². The minimum Gasteiger partial charge on any atom is -0.295 e. The van der Waals surface area contributed by atoms with Crippen LogP contribution in [0.1, 0.15) is 18.6 Å². The van der Waals surface area contributed by atoms with Gasteiger partial charge in [0.15, 0.2) is 0 Å². The molecule has 0 amide bonds. The summed E-state index contributed by atoms with van der Waals surface area (Å²) in [4.78, 5) is 22.1. The van der Waals surface area contributed by atoms with Crippen LogP contribution in [0.3, 0.4) is 0 Å². The van der Waals surface area contributed by atoms with E-state index in [1.165, 1.54) is 11.1 Å². The normalized spacial score (nSPS) is 10.6. The van der Waals surface area contributed by atoms with Gasteiger partial charge in [0.25, 0.3) is 0 Å². The van der Waals surface area contributed by atoms with Gasteiger partial charge in [0.2, 0.25) is 6.33 Å². The van der Waals surface area contributed by atoms with Crippen molar-refractivity contribution in [2.45, 2.75) is 20.5 Å². The van der Waals surface area contributed by atoms with E-state index in [-0.39, 0.29) is 45.5 Å². The molecular formula is C55H53BrClN8Pt2+. The smallest absolute Gasteiger partial charge is 0.295 e. The summed E-state index contributed by atoms with van der Waals surface area (Å²) in [7, 11) is 8.67. The minimum atomic E-state index is 0. The van der Waals surface area contributed by atoms with E-state index in [2.05, 4.69) is 125 Å². The van der Waals surface area contributed by atoms with E-state index in [0.717, 1.165) is 58.4 Å². The molecule has 67 heavy (non-hydrogen) atoms. The van der Waals surface area contributed by atoms with Crippen LogP contribution in [-0.4, -0.2) is 41.4 Å². The largest absolute Gasteiger partial charge is 2.00 e. The van der Waals surface area contributed by atoms with Crippen molar-refractivity contribution in [3.63, 3.8) is 0 Å². The molecule has 4 aromatic carbocycles. The van der Waals surface area contributed by atoms with Gasteiger partial charge in [-0.2, -0.15) is 6.67 Å². The number of rotatable bonds is 8. The fraction of sp³-hybridized carbons (Fsp3) is 0.0909. The number of pyridine rings is 4. The van der Waals surface area contributed by atoms with Crippen molar-refractivity contribution >= 4 is 26.4 Å². The molecule has 0 radical (unpaired) electrons. The summed E-state index contributed by atoms with van der Waals surface area (Å²) in [5.74, 6) is 0. The molecule has 0 spiro atoms. The van der Waals surface area contributed by atoms with Gasteiger partial charge in [-0.15, -0.1) is 88.8 Å². The van der Waals surface area contributed by atoms with Crippen LogP contribution >= 0.6 is 26.4 Å². The van der Waals surface area contributed by atoms with Crippen molar-refractivity contribution in [3.05, 3.63) is 255 Å². The second-order valence-corrected chi connectivity index (χ2v) is 14.3. The molecule has 0 aliphatic carbocycles. The number of nitrogens with zero attached hydrogens (tertiary/aromatic N) is 8. The Morgan fingerprint density at radius 2 is 1.00 bits per heavy atom. The maximum Gasteiger partial charge on any atom is 2.00 e. The number of hydrogen-bond donors (Lipinski definition) is 0. The number of halogens is 2. The van der Waals surface area contributed by atoms with Crippen molar-refractivity contribution in [1.29, 1.82) is 0 Å². The van der Waals surface area contributed by atoms with Crippen LogP contribution in [0.15, 0.2) is 226 Å². The second-order valence-electron chi connectivity index (χ2n) is 14.3. The van der Waals surface area contributed by atoms with Crippen LogP contribution in [-0.2, 0) is 60.0 Å². The van der Waals surface area contributed by atoms with Gasteiger partial charge in [0.1, 0.15) is 18.9 Å². The first-order valence-corrected chi connectivity index (χ1v) is 23.3. The number of aryl methyl sites for hydroxylation is 1. The van der Waals surface area contributed by atoms with E-state index in [0.29, 0.717) is 0 Å². The second kappa shape index (κ2) is 31.2. The van der Waals surface area contributed by atoms with Crippen molar-refractivity contribution in [3.8, 4) is 45.3 Å². The van der Waals surface area contributed by atoms with Gasteiger partial charge in [-0.1, -0.05) is 104 Å². The van der Waals surface area contributed by atoms with Gasteiger partial charge in [-0.05, 0) is 78.4 Å². The molecule has 0 N–H and O–H groups in total. The van der Waals surface area contributed by atoms with Crippen LogP contribution in [0.4, 0.5) is 0 Å². The number of aromatic nitrogens is 6. The molecule has 10 rings (SSSR count). The van der Waals surface area contributed by atoms with E-state index in [4.69, 9.17) is 0 Å². The molecule has 346 valence electrons. The Balaban J connectivity index is 0.000000233. The number of imidazole rings is 1. The van der Waals surface area contributed by atoms with E-state index >= 15 is 0 Å². The van der Waals surface area contributed by atoms with Gasteiger partial charge in [0, 0.05) is 18.9 Å². The Labute approximate surface area is 437 Å². The molecule has 1 aliphatic heterocycles. The van der Waals surface area contributed by atoms with Crippen LogP contribution in [0.2, 0.25) is 0 Å². The Morgan fingerprint density at radius 1 is 0.552 bits per heavy atom. The molecule has 12 heteroatoms. The average molecular weight is 1330 g/mol. The molecule has 0 saturated heterocycles. The maximum absolute atomic E-state index is 4.62. The molecule has 6 heterocycles. The molecule has 8 nitrogen and oxygen atoms in total. The quantitative estimate of drug-likeness (QED) is 0.112. The fourth-order valence-corrected chi connectivity index (χ4v) is 6.37. The van der Waals surface area contributed by atoms with E-state index in [9.17, 15) is 0 Å². The summed E-state index contributed by atoms with van der Waals surface area (Å²) < 4.78 is 4.21. The molecule has 5 aromatic heterocycles. The van der Waals surface area contributed by atoms with Crippen LogP contribution in [0.25, 0.3) is 45.3 Å². The standard InChI is InChI=1S/2C16H11N2.2C11H13N2.CH4.BrH.ClH.2Pt/c2*1-2-7-13(8-3-1)14-10-6-11-16(18-14)15-9-4-5-12-17-15;2*1-12-7-8-13(10-12)9-11-5-3-2-4-6-11;;;;;/h2*1-7,9-12H;2*2-8,10H,9H2,1H3;1H4;2*1H;;/q3*-1;+1;;;;2*+2/p-1. The molecule has 0 bridgehead atoms. The molecule has 0 saturated carbocycles. The number of benzene rings is 4. The first kappa shape index (κ1) is 55.5. The van der Waals surface area contributed by atoms with Crippen molar-refractivity contribution in [2.75, 3.05) is 7.05 Å². The first-order valence-electron chi connectivity index (χ1n) is 20.5. The zero-order valence-corrected chi connectivity index (χ0v) is 43.4. The van der Waals surface area contributed by atoms with Gasteiger partial charge in [-0.25, -0.2) is 9.13 Å². The van der Waals surface area contributed by atoms with Crippen LogP contribution in [0, 0.1) is 18.8 Å². The van der Waals surface area contributed by atoms with E-state index in [1.54, 1.807) is 31.2 Å². The van der Waals surface area contributed by atoms with Gasteiger partial charge in [0.05, 0.1) is 29.8 Å². The van der Waals surface area contributed by atoms with E-state index in [1.807, 2.05) is 169 Å². The Hall–Kier alpha value is -5.82. The Kier molecular flexibility index (Phi) is 25.9. The third-order valence-corrected chi connectivity index (χ3v) is 9.39. The predicted octanol–water partition coefficient (Wildman–Crippen LogP) is 12.5. The zero-order chi connectivity index (χ0) is 44.6. The summed E-state index contributed by atoms with van der Waals surface area (Å²) in [6.45, 7) is 3.97. The molecule has 0 unspecified atom stereocenters. The first-order chi connectivity index (χ1) is 31.6. The minimum absolute atomic E-state index is 0. The summed E-state index contributed by atoms with van der Waals surface area (Å²) >= 11 is 1.61. The van der Waals surface area contributed by atoms with Gasteiger partial charge < -0.3 is 9.80 Å². The van der Waals surface area contributed by atoms with Crippen molar-refractivity contribution in [1.82, 2.24) is 34.3 Å². The van der Waals surface area contributed by atoms with Gasteiger partial charge in [-0.3, -0.25) is 19.9 Å². The molecule has 0 fully saturated rings. The third-order valence-electron chi connectivity index (χ3n) is 9.39. The monoisotopic (exact) mass is 1330 g/mol.